The summed E-state index contributed by atoms with van der Waals surface area (Å²) in [5.74, 6) is -0.790. The highest BCUT2D eigenvalue weighted by Gasteiger charge is 2.47. The van der Waals surface area contributed by atoms with E-state index in [1.807, 2.05) is 6.07 Å². The van der Waals surface area contributed by atoms with E-state index in [4.69, 9.17) is 10.00 Å². The molecule has 6 nitrogen and oxygen atoms in total. The van der Waals surface area contributed by atoms with E-state index in [0.717, 1.165) is 0 Å². The normalized spacial score (nSPS) is 19.4. The molecule has 1 aliphatic rings. The zero-order valence-corrected chi connectivity index (χ0v) is 11.8. The molecule has 0 saturated heterocycles. The van der Waals surface area contributed by atoms with Crippen LogP contribution in [-0.4, -0.2) is 32.1 Å². The molecule has 1 aromatic rings. The van der Waals surface area contributed by atoms with E-state index in [0.29, 0.717) is 30.8 Å². The van der Waals surface area contributed by atoms with Crippen molar-refractivity contribution in [1.82, 2.24) is 5.32 Å². The van der Waals surface area contributed by atoms with Crippen molar-refractivity contribution in [2.45, 2.75) is 6.42 Å². The van der Waals surface area contributed by atoms with Gasteiger partial charge in [-0.25, -0.2) is 0 Å². The Balaban J connectivity index is 1.80. The maximum Gasteiger partial charge on any atom is 0.228 e. The predicted octanol–water partition coefficient (Wildman–Crippen LogP) is 0.895. The second-order valence-electron chi connectivity index (χ2n) is 4.91. The van der Waals surface area contributed by atoms with Gasteiger partial charge < -0.3 is 15.4 Å². The highest BCUT2D eigenvalue weighted by molar-refractivity contribution is 5.99. The Morgan fingerprint density at radius 1 is 1.29 bits per heavy atom. The van der Waals surface area contributed by atoms with Gasteiger partial charge in [-0.05, 0) is 30.7 Å². The van der Waals surface area contributed by atoms with Crippen molar-refractivity contribution in [2.24, 2.45) is 11.8 Å². The maximum atomic E-state index is 12.0. The van der Waals surface area contributed by atoms with Crippen molar-refractivity contribution >= 4 is 17.5 Å². The van der Waals surface area contributed by atoms with Crippen LogP contribution >= 0.6 is 0 Å². The van der Waals surface area contributed by atoms with Crippen LogP contribution in [0.25, 0.3) is 0 Å². The van der Waals surface area contributed by atoms with Crippen LogP contribution in [0.5, 0.6) is 0 Å². The fourth-order valence-corrected chi connectivity index (χ4v) is 2.04. The van der Waals surface area contributed by atoms with Crippen molar-refractivity contribution in [3.8, 4) is 6.07 Å². The summed E-state index contributed by atoms with van der Waals surface area (Å²) in [5, 5.41) is 14.2. The fraction of sp³-hybridized carbons (Fsp3) is 0.400. The van der Waals surface area contributed by atoms with Crippen molar-refractivity contribution in [3.63, 3.8) is 0 Å². The number of nitrogens with one attached hydrogen (secondary N) is 2. The summed E-state index contributed by atoms with van der Waals surface area (Å²) >= 11 is 0. The Kier molecular flexibility index (Phi) is 4.90. The van der Waals surface area contributed by atoms with Crippen LogP contribution < -0.4 is 10.6 Å². The van der Waals surface area contributed by atoms with E-state index in [2.05, 4.69) is 10.6 Å². The largest absolute Gasteiger partial charge is 0.383 e. The SMILES string of the molecule is COCCNC(=O)C1CC1C(=O)Nc1ccc(C#N)cc1. The summed E-state index contributed by atoms with van der Waals surface area (Å²) in [6.07, 6.45) is 0.570. The van der Waals surface area contributed by atoms with Crippen LogP contribution in [0.1, 0.15) is 12.0 Å². The molecule has 0 spiro atoms. The average molecular weight is 287 g/mol. The minimum absolute atomic E-state index is 0.105. The first-order chi connectivity index (χ1) is 10.2. The first-order valence-corrected chi connectivity index (χ1v) is 6.73. The number of amides is 2. The lowest BCUT2D eigenvalue weighted by atomic mass is 10.2. The molecule has 21 heavy (non-hydrogen) atoms. The lowest BCUT2D eigenvalue weighted by Gasteiger charge is -2.06. The number of methoxy groups -OCH3 is 1. The summed E-state index contributed by atoms with van der Waals surface area (Å²) in [6.45, 7) is 0.913. The van der Waals surface area contributed by atoms with E-state index < -0.39 is 0 Å². The summed E-state index contributed by atoms with van der Waals surface area (Å²) in [7, 11) is 1.57. The third-order valence-corrected chi connectivity index (χ3v) is 3.35. The summed E-state index contributed by atoms with van der Waals surface area (Å²) in [4.78, 5) is 23.7. The number of hydrogen-bond acceptors (Lipinski definition) is 4. The number of carbonyl (C=O) groups excluding carboxylic acids is 2. The van der Waals surface area contributed by atoms with Gasteiger partial charge in [0.1, 0.15) is 0 Å². The molecule has 2 N–H and O–H groups in total. The molecule has 0 radical (unpaired) electrons. The van der Waals surface area contributed by atoms with Crippen LogP contribution in [0, 0.1) is 23.2 Å². The second-order valence-corrected chi connectivity index (χ2v) is 4.91. The van der Waals surface area contributed by atoms with Crippen LogP contribution in [-0.2, 0) is 14.3 Å². The van der Waals surface area contributed by atoms with Gasteiger partial charge in [0.2, 0.25) is 11.8 Å². The van der Waals surface area contributed by atoms with Gasteiger partial charge in [0.05, 0.1) is 30.1 Å². The highest BCUT2D eigenvalue weighted by atomic mass is 16.5. The van der Waals surface area contributed by atoms with E-state index in [9.17, 15) is 9.59 Å². The molecule has 0 bridgehead atoms. The van der Waals surface area contributed by atoms with Crippen LogP contribution in [0.3, 0.4) is 0 Å². The van der Waals surface area contributed by atoms with E-state index in [1.54, 1.807) is 31.4 Å². The highest BCUT2D eigenvalue weighted by Crippen LogP contribution is 2.39. The molecule has 2 rings (SSSR count). The molecule has 2 atom stereocenters. The quantitative estimate of drug-likeness (QED) is 0.760. The zero-order chi connectivity index (χ0) is 15.2. The Labute approximate surface area is 123 Å². The van der Waals surface area contributed by atoms with Crippen LogP contribution in [0.2, 0.25) is 0 Å². The molecule has 110 valence electrons. The van der Waals surface area contributed by atoms with Crippen LogP contribution in [0.15, 0.2) is 24.3 Å². The Morgan fingerprint density at radius 3 is 2.57 bits per heavy atom. The summed E-state index contributed by atoms with van der Waals surface area (Å²) in [5.41, 5.74) is 1.17. The molecule has 2 amide bonds. The smallest absolute Gasteiger partial charge is 0.228 e. The van der Waals surface area contributed by atoms with Gasteiger partial charge in [-0.15, -0.1) is 0 Å². The number of carbonyl (C=O) groups is 2. The van der Waals surface area contributed by atoms with E-state index >= 15 is 0 Å². The number of ether oxygens (including phenoxy) is 1. The van der Waals surface area contributed by atoms with Crippen molar-refractivity contribution < 1.29 is 14.3 Å². The van der Waals surface area contributed by atoms with Gasteiger partial charge in [0, 0.05) is 19.3 Å². The van der Waals surface area contributed by atoms with Crippen LogP contribution in [0.4, 0.5) is 5.69 Å². The molecule has 6 heteroatoms. The third kappa shape index (κ3) is 4.04. The minimum Gasteiger partial charge on any atom is -0.383 e. The maximum absolute atomic E-state index is 12.0. The summed E-state index contributed by atoms with van der Waals surface area (Å²) in [6, 6.07) is 8.63. The van der Waals surface area contributed by atoms with Crippen molar-refractivity contribution in [1.29, 1.82) is 5.26 Å². The molecular weight excluding hydrogens is 270 g/mol. The Hall–Kier alpha value is -2.39. The molecule has 0 aliphatic heterocycles. The first kappa shape index (κ1) is 15.0. The number of benzene rings is 1. The molecule has 1 aliphatic carbocycles. The number of anilines is 1. The molecule has 1 fully saturated rings. The Morgan fingerprint density at radius 2 is 1.95 bits per heavy atom. The lowest BCUT2D eigenvalue weighted by molar-refractivity contribution is -0.125. The van der Waals surface area contributed by atoms with Crippen molar-refractivity contribution in [2.75, 3.05) is 25.6 Å². The number of hydrogen-bond donors (Lipinski definition) is 2. The third-order valence-electron chi connectivity index (χ3n) is 3.35. The standard InChI is InChI=1S/C15H17N3O3/c1-21-7-6-17-14(19)12-8-13(12)15(20)18-11-4-2-10(9-16)3-5-11/h2-5,12-13H,6-8H2,1H3,(H,17,19)(H,18,20). The molecular formula is C15H17N3O3. The molecule has 1 saturated carbocycles. The van der Waals surface area contributed by atoms with Gasteiger partial charge in [-0.3, -0.25) is 9.59 Å². The monoisotopic (exact) mass is 287 g/mol. The van der Waals surface area contributed by atoms with Gasteiger partial charge in [0.15, 0.2) is 0 Å². The van der Waals surface area contributed by atoms with E-state index in [-0.39, 0.29) is 23.7 Å². The number of nitrogens with zero attached hydrogens (tertiary/aromatic N) is 1. The molecule has 0 heterocycles. The minimum atomic E-state index is -0.275. The lowest BCUT2D eigenvalue weighted by Crippen LogP contribution is -2.30. The van der Waals surface area contributed by atoms with Gasteiger partial charge in [-0.2, -0.15) is 5.26 Å². The fourth-order valence-electron chi connectivity index (χ4n) is 2.04. The van der Waals surface area contributed by atoms with Gasteiger partial charge in [-0.1, -0.05) is 0 Å². The number of nitriles is 1. The Bertz CT molecular complexity index is 563. The summed E-state index contributed by atoms with van der Waals surface area (Å²) < 4.78 is 4.85. The number of rotatable bonds is 6. The topological polar surface area (TPSA) is 91.2 Å². The first-order valence-electron chi connectivity index (χ1n) is 6.73. The molecule has 0 aromatic heterocycles. The van der Waals surface area contributed by atoms with Gasteiger partial charge in [0.25, 0.3) is 0 Å². The molecule has 2 unspecified atom stereocenters. The van der Waals surface area contributed by atoms with Crippen molar-refractivity contribution in [3.05, 3.63) is 29.8 Å². The van der Waals surface area contributed by atoms with Gasteiger partial charge >= 0.3 is 0 Å². The zero-order valence-electron chi connectivity index (χ0n) is 11.8. The predicted molar refractivity (Wildman–Crippen MR) is 76.3 cm³/mol. The second kappa shape index (κ2) is 6.86. The average Bonchev–Trinajstić information content (AvgIpc) is 3.29. The molecule has 1 aromatic carbocycles. The van der Waals surface area contributed by atoms with E-state index in [1.165, 1.54) is 0 Å².